The summed E-state index contributed by atoms with van der Waals surface area (Å²) < 4.78 is 5.29. The first kappa shape index (κ1) is 15.8. The van der Waals surface area contributed by atoms with Gasteiger partial charge in [-0.1, -0.05) is 24.8 Å². The third kappa shape index (κ3) is 4.21. The SMILES string of the molecule is COc1ccc(CN2CCC(O)C(C)C2)cc1C#CCO. The van der Waals surface area contributed by atoms with E-state index in [0.29, 0.717) is 5.92 Å². The highest BCUT2D eigenvalue weighted by Crippen LogP contribution is 2.22. The maximum Gasteiger partial charge on any atom is 0.134 e. The summed E-state index contributed by atoms with van der Waals surface area (Å²) in [5.41, 5.74) is 1.97. The van der Waals surface area contributed by atoms with Gasteiger partial charge in [0.15, 0.2) is 0 Å². The molecule has 0 spiro atoms. The summed E-state index contributed by atoms with van der Waals surface area (Å²) in [5, 5.41) is 18.6. The number of piperidine rings is 1. The zero-order valence-corrected chi connectivity index (χ0v) is 12.7. The molecule has 4 nitrogen and oxygen atoms in total. The molecule has 2 atom stereocenters. The molecule has 0 amide bonds. The van der Waals surface area contributed by atoms with Gasteiger partial charge in [-0.2, -0.15) is 0 Å². The number of methoxy groups -OCH3 is 1. The minimum Gasteiger partial charge on any atom is -0.495 e. The van der Waals surface area contributed by atoms with Crippen molar-refractivity contribution in [3.8, 4) is 17.6 Å². The first-order valence-electron chi connectivity index (χ1n) is 7.31. The lowest BCUT2D eigenvalue weighted by Crippen LogP contribution is -2.41. The molecule has 0 bridgehead atoms. The topological polar surface area (TPSA) is 52.9 Å². The molecule has 1 heterocycles. The molecule has 4 heteroatoms. The lowest BCUT2D eigenvalue weighted by Gasteiger charge is -2.34. The van der Waals surface area contributed by atoms with Crippen LogP contribution in [0.1, 0.15) is 24.5 Å². The normalized spacial score (nSPS) is 22.5. The maximum absolute atomic E-state index is 9.79. The van der Waals surface area contributed by atoms with Crippen molar-refractivity contribution < 1.29 is 14.9 Å². The zero-order chi connectivity index (χ0) is 15.2. The number of rotatable bonds is 3. The molecule has 2 rings (SSSR count). The Morgan fingerprint density at radius 1 is 1.43 bits per heavy atom. The van der Waals surface area contributed by atoms with Crippen LogP contribution in [0.2, 0.25) is 0 Å². The first-order valence-corrected chi connectivity index (χ1v) is 7.31. The molecule has 1 aliphatic rings. The van der Waals surface area contributed by atoms with Crippen molar-refractivity contribution in [3.05, 3.63) is 29.3 Å². The lowest BCUT2D eigenvalue weighted by molar-refractivity contribution is 0.0320. The molecular weight excluding hydrogens is 266 g/mol. The summed E-state index contributed by atoms with van der Waals surface area (Å²) in [7, 11) is 1.62. The van der Waals surface area contributed by atoms with E-state index in [0.717, 1.165) is 37.4 Å². The number of benzene rings is 1. The van der Waals surface area contributed by atoms with Crippen molar-refractivity contribution in [2.75, 3.05) is 26.8 Å². The molecule has 0 saturated carbocycles. The van der Waals surface area contributed by atoms with E-state index in [1.807, 2.05) is 18.2 Å². The average Bonchev–Trinajstić information content (AvgIpc) is 2.49. The van der Waals surface area contributed by atoms with Gasteiger partial charge in [0.1, 0.15) is 12.4 Å². The maximum atomic E-state index is 9.79. The van der Waals surface area contributed by atoms with Crippen LogP contribution in [-0.4, -0.2) is 48.0 Å². The summed E-state index contributed by atoms with van der Waals surface area (Å²) in [4.78, 5) is 2.35. The van der Waals surface area contributed by atoms with Crippen molar-refractivity contribution >= 4 is 0 Å². The van der Waals surface area contributed by atoms with E-state index in [2.05, 4.69) is 23.7 Å². The van der Waals surface area contributed by atoms with Crippen LogP contribution < -0.4 is 4.74 Å². The van der Waals surface area contributed by atoms with E-state index in [-0.39, 0.29) is 12.7 Å². The summed E-state index contributed by atoms with van der Waals surface area (Å²) in [6, 6.07) is 5.97. The van der Waals surface area contributed by atoms with Crippen molar-refractivity contribution in [2.45, 2.75) is 26.0 Å². The summed E-state index contributed by atoms with van der Waals surface area (Å²) >= 11 is 0. The highest BCUT2D eigenvalue weighted by molar-refractivity contribution is 5.48. The van der Waals surface area contributed by atoms with Crippen molar-refractivity contribution in [1.82, 2.24) is 4.90 Å². The minimum atomic E-state index is -0.178. The van der Waals surface area contributed by atoms with Gasteiger partial charge in [0.05, 0.1) is 18.8 Å². The number of ether oxygens (including phenoxy) is 1. The summed E-state index contributed by atoms with van der Waals surface area (Å²) in [6.07, 6.45) is 0.650. The second kappa shape index (κ2) is 7.46. The van der Waals surface area contributed by atoms with Crippen molar-refractivity contribution in [2.24, 2.45) is 5.92 Å². The number of aliphatic hydroxyl groups excluding tert-OH is 2. The van der Waals surface area contributed by atoms with E-state index in [4.69, 9.17) is 9.84 Å². The van der Waals surface area contributed by atoms with Crippen LogP contribution >= 0.6 is 0 Å². The molecule has 0 aromatic heterocycles. The van der Waals surface area contributed by atoms with Gasteiger partial charge in [0.25, 0.3) is 0 Å². The Morgan fingerprint density at radius 3 is 2.90 bits per heavy atom. The number of hydrogen-bond donors (Lipinski definition) is 2. The Hall–Kier alpha value is -1.54. The molecule has 114 valence electrons. The number of aliphatic hydroxyl groups is 2. The van der Waals surface area contributed by atoms with Crippen molar-refractivity contribution in [1.29, 1.82) is 0 Å². The largest absolute Gasteiger partial charge is 0.495 e. The fourth-order valence-electron chi connectivity index (χ4n) is 2.71. The Labute approximate surface area is 126 Å². The van der Waals surface area contributed by atoms with Gasteiger partial charge in [0, 0.05) is 19.6 Å². The molecule has 2 unspecified atom stereocenters. The predicted molar refractivity (Wildman–Crippen MR) is 82.0 cm³/mol. The summed E-state index contributed by atoms with van der Waals surface area (Å²) in [5.74, 6) is 6.62. The molecule has 1 fully saturated rings. The van der Waals surface area contributed by atoms with Gasteiger partial charge in [-0.25, -0.2) is 0 Å². The van der Waals surface area contributed by atoms with Gasteiger partial charge in [-0.3, -0.25) is 4.90 Å². The van der Waals surface area contributed by atoms with E-state index >= 15 is 0 Å². The second-order valence-electron chi connectivity index (χ2n) is 5.56. The Bertz CT molecular complexity index is 533. The monoisotopic (exact) mass is 289 g/mol. The molecule has 0 aliphatic carbocycles. The minimum absolute atomic E-state index is 0.158. The van der Waals surface area contributed by atoms with E-state index in [9.17, 15) is 5.11 Å². The van der Waals surface area contributed by atoms with Crippen LogP contribution in [-0.2, 0) is 6.54 Å². The van der Waals surface area contributed by atoms with E-state index in [1.54, 1.807) is 7.11 Å². The number of nitrogens with zero attached hydrogens (tertiary/aromatic N) is 1. The van der Waals surface area contributed by atoms with Gasteiger partial charge >= 0.3 is 0 Å². The van der Waals surface area contributed by atoms with Crippen LogP contribution in [0, 0.1) is 17.8 Å². The Kier molecular flexibility index (Phi) is 5.63. The zero-order valence-electron chi connectivity index (χ0n) is 12.7. The standard InChI is InChI=1S/C17H23NO3/c1-13-11-18(8-7-16(13)20)12-14-5-6-17(21-2)15(10-14)4-3-9-19/h5-6,10,13,16,19-20H,7-9,11-12H2,1-2H3. The molecule has 21 heavy (non-hydrogen) atoms. The van der Waals surface area contributed by atoms with Crippen LogP contribution in [0.15, 0.2) is 18.2 Å². The summed E-state index contributed by atoms with van der Waals surface area (Å²) in [6.45, 7) is 4.59. The number of hydrogen-bond acceptors (Lipinski definition) is 4. The van der Waals surface area contributed by atoms with Gasteiger partial charge in [0.2, 0.25) is 0 Å². The Balaban J connectivity index is 2.10. The molecule has 1 aromatic carbocycles. The Morgan fingerprint density at radius 2 is 2.24 bits per heavy atom. The van der Waals surface area contributed by atoms with Crippen LogP contribution in [0.25, 0.3) is 0 Å². The molecular formula is C17H23NO3. The van der Waals surface area contributed by atoms with Gasteiger partial charge < -0.3 is 14.9 Å². The van der Waals surface area contributed by atoms with E-state index in [1.165, 1.54) is 5.56 Å². The lowest BCUT2D eigenvalue weighted by atomic mass is 9.96. The highest BCUT2D eigenvalue weighted by Gasteiger charge is 2.24. The molecule has 0 radical (unpaired) electrons. The quantitative estimate of drug-likeness (QED) is 0.822. The van der Waals surface area contributed by atoms with Crippen LogP contribution in [0.4, 0.5) is 0 Å². The first-order chi connectivity index (χ1) is 10.1. The number of likely N-dealkylation sites (tertiary alicyclic amines) is 1. The second-order valence-corrected chi connectivity index (χ2v) is 5.56. The fraction of sp³-hybridized carbons (Fsp3) is 0.529. The van der Waals surface area contributed by atoms with Gasteiger partial charge in [-0.15, -0.1) is 0 Å². The molecule has 1 aromatic rings. The van der Waals surface area contributed by atoms with Crippen molar-refractivity contribution in [3.63, 3.8) is 0 Å². The molecule has 2 N–H and O–H groups in total. The van der Waals surface area contributed by atoms with Crippen LogP contribution in [0.3, 0.4) is 0 Å². The third-order valence-corrected chi connectivity index (χ3v) is 3.92. The van der Waals surface area contributed by atoms with Gasteiger partial charge in [-0.05, 0) is 30.0 Å². The van der Waals surface area contributed by atoms with Crippen LogP contribution in [0.5, 0.6) is 5.75 Å². The third-order valence-electron chi connectivity index (χ3n) is 3.92. The molecule has 1 saturated heterocycles. The molecule has 1 aliphatic heterocycles. The van der Waals surface area contributed by atoms with E-state index < -0.39 is 0 Å². The fourth-order valence-corrected chi connectivity index (χ4v) is 2.71. The predicted octanol–water partition coefficient (Wildman–Crippen LogP) is 1.24. The highest BCUT2D eigenvalue weighted by atomic mass is 16.5. The average molecular weight is 289 g/mol. The smallest absolute Gasteiger partial charge is 0.134 e.